The van der Waals surface area contributed by atoms with Gasteiger partial charge in [-0.2, -0.15) is 31.8 Å². The van der Waals surface area contributed by atoms with Crippen molar-refractivity contribution in [3.05, 3.63) is 36.4 Å². The number of azo groups is 2. The van der Waals surface area contributed by atoms with Gasteiger partial charge in [-0.1, -0.05) is 34.4 Å². The van der Waals surface area contributed by atoms with Crippen molar-refractivity contribution in [2.75, 3.05) is 59.0 Å². The molecule has 27 heteroatoms. The fourth-order valence-corrected chi connectivity index (χ4v) is 7.75. The molecular weight excluding hydrogens is 831 g/mol. The van der Waals surface area contributed by atoms with E-state index < -0.39 is 28.9 Å². The molecule has 0 aliphatic carbocycles. The number of nitrogens with zero attached hydrogens (tertiary/aromatic N) is 13. The van der Waals surface area contributed by atoms with Crippen molar-refractivity contribution < 1.29 is 31.0 Å². The maximum atomic E-state index is 11.5. The largest absolute Gasteiger partial charge is 0.396 e. The number of benzene rings is 2. The predicted molar refractivity (Wildman–Crippen MR) is 212 cm³/mol. The number of aliphatic hydroxyl groups excluding tert-OH is 1. The second-order valence-electron chi connectivity index (χ2n) is 10.9. The summed E-state index contributed by atoms with van der Waals surface area (Å²) in [5, 5.41) is 46.8. The first kappa shape index (κ1) is 42.2. The molecule has 0 amide bonds. The molecule has 0 unspecified atom stereocenters. The number of nitrogens with one attached hydrogen (secondary N) is 2. The summed E-state index contributed by atoms with van der Waals surface area (Å²) >= 11 is 2.25. The first-order valence-electron chi connectivity index (χ1n) is 16.5. The minimum Gasteiger partial charge on any atom is -0.396 e. The van der Waals surface area contributed by atoms with Crippen molar-refractivity contribution >= 4 is 111 Å². The van der Waals surface area contributed by atoms with Gasteiger partial charge in [-0.15, -0.1) is 40.9 Å². The molecule has 0 aliphatic heterocycles. The number of thioether (sulfide) groups is 1. The van der Waals surface area contributed by atoms with Gasteiger partial charge in [0, 0.05) is 43.3 Å². The van der Waals surface area contributed by atoms with Crippen molar-refractivity contribution in [3.63, 3.8) is 0 Å². The Hall–Kier alpha value is -4.90. The van der Waals surface area contributed by atoms with E-state index in [1.165, 1.54) is 11.8 Å². The average Bonchev–Trinajstić information content (AvgIpc) is 3.85. The summed E-state index contributed by atoms with van der Waals surface area (Å²) in [6, 6.07) is 10.7. The van der Waals surface area contributed by atoms with Crippen molar-refractivity contribution in [1.82, 2.24) is 35.3 Å². The quantitative estimate of drug-likeness (QED) is 0.0352. The summed E-state index contributed by atoms with van der Waals surface area (Å²) in [7, 11) is -9.14. The first-order valence-corrected chi connectivity index (χ1v) is 22.0. The zero-order valence-corrected chi connectivity index (χ0v) is 34.1. The molecule has 5 N–H and O–H groups in total. The van der Waals surface area contributed by atoms with Gasteiger partial charge < -0.3 is 25.5 Å². The van der Waals surface area contributed by atoms with E-state index in [9.17, 15) is 31.0 Å². The van der Waals surface area contributed by atoms with Crippen molar-refractivity contribution in [1.29, 1.82) is 0 Å². The molecule has 5 rings (SSSR count). The Balaban J connectivity index is 1.55. The normalized spacial score (nSPS) is 12.1. The zero-order valence-electron chi connectivity index (χ0n) is 30.0. The van der Waals surface area contributed by atoms with Gasteiger partial charge in [0.15, 0.2) is 5.16 Å². The summed E-state index contributed by atoms with van der Waals surface area (Å²) in [6.45, 7) is 10.7. The molecule has 0 saturated heterocycles. The van der Waals surface area contributed by atoms with Crippen LogP contribution in [0.25, 0.3) is 0 Å². The highest BCUT2D eigenvalue weighted by Gasteiger charge is 2.19. The fourth-order valence-electron chi connectivity index (χ4n) is 4.79. The Bertz CT molecular complexity index is 2260. The molecule has 298 valence electrons. The van der Waals surface area contributed by atoms with Gasteiger partial charge in [-0.05, 0) is 64.1 Å². The van der Waals surface area contributed by atoms with Crippen LogP contribution >= 0.6 is 34.4 Å². The van der Waals surface area contributed by atoms with Gasteiger partial charge in [0.1, 0.15) is 11.4 Å². The molecule has 2 aromatic carbocycles. The van der Waals surface area contributed by atoms with Gasteiger partial charge in [-0.3, -0.25) is 9.11 Å². The van der Waals surface area contributed by atoms with Gasteiger partial charge in [0.25, 0.3) is 18.9 Å². The minimum absolute atomic E-state index is 0.0790. The van der Waals surface area contributed by atoms with Gasteiger partial charge in [0.05, 0.1) is 18.0 Å². The highest BCUT2D eigenvalue weighted by atomic mass is 32.3. The van der Waals surface area contributed by atoms with Crippen LogP contribution in [0, 0.1) is 0 Å². The summed E-state index contributed by atoms with van der Waals surface area (Å²) in [5.41, 5.74) is 3.09. The molecular formula is C29H35N15O7S5. The van der Waals surface area contributed by atoms with Crippen LogP contribution in [0.3, 0.4) is 0 Å². The van der Waals surface area contributed by atoms with Crippen LogP contribution in [-0.2, 0) is 20.2 Å². The lowest BCUT2D eigenvalue weighted by molar-refractivity contribution is 0.322. The summed E-state index contributed by atoms with van der Waals surface area (Å²) < 4.78 is 63.3. The molecule has 0 radical (unpaired) electrons. The Morgan fingerprint density at radius 1 is 0.661 bits per heavy atom. The van der Waals surface area contributed by atoms with E-state index in [0.29, 0.717) is 71.6 Å². The Labute approximate surface area is 333 Å². The average molecular weight is 866 g/mol. The number of aromatic nitrogens is 7. The van der Waals surface area contributed by atoms with Gasteiger partial charge in [-0.25, -0.2) is 0 Å². The molecule has 0 aliphatic rings. The molecule has 5 aromatic rings. The number of hydrogen-bond acceptors (Lipinski definition) is 23. The Kier molecular flexibility index (Phi) is 14.2. The summed E-state index contributed by atoms with van der Waals surface area (Å²) in [5.74, 6) is 0.433. The number of aliphatic hydroxyl groups is 1. The standard InChI is InChI=1S/C29H35N15O7S5/c1-5-43(6-2)17-9-11-19(35-37-26-39-41-28(53-26)55(46,47)48)21(15-17)30-23-32-24(34-25(33-23)52-14-13-45)31-22-16-18(44(7-3)8-4)10-12-20(22)36-38-27-40-42-29(54-27)56(49,50)51/h9-12,15-16,45H,5-8,13-14H2,1-4H3,(H,46,47,48)(H,49,50,51)(H2,30,31,32,33,34)/b37-35+,38-36+. The van der Waals surface area contributed by atoms with E-state index in [1.807, 2.05) is 52.0 Å². The maximum absolute atomic E-state index is 11.5. The highest BCUT2D eigenvalue weighted by Crippen LogP contribution is 2.37. The Morgan fingerprint density at radius 3 is 1.45 bits per heavy atom. The third-order valence-electron chi connectivity index (χ3n) is 7.37. The second-order valence-corrected chi connectivity index (χ2v) is 17.1. The third kappa shape index (κ3) is 11.1. The lowest BCUT2D eigenvalue weighted by Gasteiger charge is -2.22. The second kappa shape index (κ2) is 18.8. The molecule has 0 atom stereocenters. The molecule has 3 aromatic heterocycles. The molecule has 0 fully saturated rings. The molecule has 0 bridgehead atoms. The highest BCUT2D eigenvalue weighted by molar-refractivity contribution is 7.99. The van der Waals surface area contributed by atoms with Crippen LogP contribution in [0.5, 0.6) is 0 Å². The molecule has 0 spiro atoms. The van der Waals surface area contributed by atoms with E-state index in [2.05, 4.69) is 76.2 Å². The van der Waals surface area contributed by atoms with Crippen LogP contribution in [0.2, 0.25) is 0 Å². The van der Waals surface area contributed by atoms with Crippen molar-refractivity contribution in [3.8, 4) is 0 Å². The van der Waals surface area contributed by atoms with Crippen LogP contribution in [0.4, 0.5) is 56.3 Å². The molecule has 56 heavy (non-hydrogen) atoms. The summed E-state index contributed by atoms with van der Waals surface area (Å²) in [4.78, 5) is 17.9. The SMILES string of the molecule is CCN(CC)c1ccc(/N=N/c2nnc(S(=O)(=O)O)s2)c(Nc2nc(Nc3cc(N(CC)CC)ccc3/N=N/c3nnc(S(=O)(=O)O)s3)nc(SCCO)n2)c1. The van der Waals surface area contributed by atoms with E-state index in [-0.39, 0.29) is 39.7 Å². The Morgan fingerprint density at radius 2 is 1.09 bits per heavy atom. The van der Waals surface area contributed by atoms with E-state index in [1.54, 1.807) is 12.1 Å². The van der Waals surface area contributed by atoms with Crippen molar-refractivity contribution in [2.24, 2.45) is 20.5 Å². The van der Waals surface area contributed by atoms with E-state index in [4.69, 9.17) is 0 Å². The van der Waals surface area contributed by atoms with E-state index >= 15 is 0 Å². The monoisotopic (exact) mass is 865 g/mol. The lowest BCUT2D eigenvalue weighted by atomic mass is 10.2. The number of hydrogen-bond donors (Lipinski definition) is 5. The van der Waals surface area contributed by atoms with Gasteiger partial charge >= 0.3 is 20.2 Å². The number of anilines is 6. The van der Waals surface area contributed by atoms with Crippen LogP contribution in [-0.4, -0.2) is 105 Å². The minimum atomic E-state index is -4.57. The van der Waals surface area contributed by atoms with Crippen molar-refractivity contribution in [2.45, 2.75) is 41.5 Å². The topological polar surface area (TPSA) is 299 Å². The zero-order chi connectivity index (χ0) is 40.5. The lowest BCUT2D eigenvalue weighted by Crippen LogP contribution is -2.21. The molecule has 22 nitrogen and oxygen atoms in total. The van der Waals surface area contributed by atoms with Crippen LogP contribution in [0.15, 0.2) is 70.7 Å². The van der Waals surface area contributed by atoms with Gasteiger partial charge in [0.2, 0.25) is 11.9 Å². The molecule has 3 heterocycles. The van der Waals surface area contributed by atoms with Crippen LogP contribution in [0.1, 0.15) is 27.7 Å². The van der Waals surface area contributed by atoms with Crippen LogP contribution < -0.4 is 20.4 Å². The van der Waals surface area contributed by atoms with E-state index in [0.717, 1.165) is 11.4 Å². The summed E-state index contributed by atoms with van der Waals surface area (Å²) in [6.07, 6.45) is 0. The maximum Gasteiger partial charge on any atom is 0.324 e. The third-order valence-corrected chi connectivity index (χ3v) is 12.2. The first-order chi connectivity index (χ1) is 26.7. The fraction of sp³-hybridized carbons (Fsp3) is 0.345. The number of rotatable bonds is 19. The molecule has 0 saturated carbocycles. The predicted octanol–water partition coefficient (Wildman–Crippen LogP) is 6.16. The smallest absolute Gasteiger partial charge is 0.324 e.